The zero-order valence-corrected chi connectivity index (χ0v) is 34.2. The first kappa shape index (κ1) is 43.0. The summed E-state index contributed by atoms with van der Waals surface area (Å²) in [5.41, 5.74) is 1.86. The fourth-order valence-electron chi connectivity index (χ4n) is 8.58. The topological polar surface area (TPSA) is 65.0 Å². The SMILES string of the molecule is [B]c1c([B])c([B])c(-c2c([B])c(-c3nc(-c4ccccc4)nc(-c4ccc5c(c4)oc4ccccc45)n3)c([B])c(-c3c([B])c([B])c4c(oc5c([B])c([B])c([B])c([B])c54)c3[B])c2[B])c([B])c1[B]. The van der Waals surface area contributed by atoms with Crippen LogP contribution in [-0.4, -0.2) is 133 Å². The molecule has 20 heteroatoms. The highest BCUT2D eigenvalue weighted by Crippen LogP contribution is 2.33. The quantitative estimate of drug-likeness (QED) is 0.163. The van der Waals surface area contributed by atoms with Crippen molar-refractivity contribution in [2.24, 2.45) is 0 Å². The van der Waals surface area contributed by atoms with Gasteiger partial charge in [0, 0.05) is 38.2 Å². The molecule has 10 rings (SSSR count). The minimum atomic E-state index is -0.126. The van der Waals surface area contributed by atoms with E-state index >= 15 is 0 Å². The molecule has 3 heterocycles. The summed E-state index contributed by atoms with van der Waals surface area (Å²) < 4.78 is 12.5. The molecule has 7 aromatic carbocycles. The summed E-state index contributed by atoms with van der Waals surface area (Å²) in [6, 6.07) is 22.6. The summed E-state index contributed by atoms with van der Waals surface area (Å²) in [6.07, 6.45) is 0. The van der Waals surface area contributed by atoms with E-state index in [1.165, 1.54) is 0 Å². The van der Waals surface area contributed by atoms with Gasteiger partial charge in [0.25, 0.3) is 0 Å². The number of hydrogen-bond donors (Lipinski definition) is 0. The fraction of sp³-hybridized carbons (Fsp3) is 0. The van der Waals surface area contributed by atoms with Crippen molar-refractivity contribution >= 4 is 244 Å². The highest BCUT2D eigenvalue weighted by Gasteiger charge is 2.28. The molecule has 0 spiro atoms. The molecule has 0 saturated carbocycles. The van der Waals surface area contributed by atoms with Crippen LogP contribution in [0.15, 0.2) is 81.6 Å². The Bertz CT molecular complexity index is 3710. The van der Waals surface area contributed by atoms with Gasteiger partial charge >= 0.3 is 0 Å². The Labute approximate surface area is 394 Å². The van der Waals surface area contributed by atoms with Gasteiger partial charge in [0.05, 0.1) is 0 Å². The van der Waals surface area contributed by atoms with E-state index in [0.29, 0.717) is 22.3 Å². The molecular formula is C45H12B15N3O2. The van der Waals surface area contributed by atoms with Crippen LogP contribution in [0.2, 0.25) is 0 Å². The number of aromatic nitrogens is 3. The number of fused-ring (bicyclic) bond motifs is 6. The molecule has 0 aliphatic heterocycles. The third-order valence-corrected chi connectivity index (χ3v) is 12.0. The Morgan fingerprint density at radius 3 is 1.37 bits per heavy atom. The lowest BCUT2D eigenvalue weighted by molar-refractivity contribution is 0.669. The van der Waals surface area contributed by atoms with E-state index < -0.39 is 0 Å². The average Bonchev–Trinajstić information content (AvgIpc) is 3.90. The van der Waals surface area contributed by atoms with Crippen molar-refractivity contribution in [1.82, 2.24) is 15.0 Å². The lowest BCUT2D eigenvalue weighted by Gasteiger charge is -2.30. The maximum absolute atomic E-state index is 7.28. The van der Waals surface area contributed by atoms with Gasteiger partial charge in [-0.2, -0.15) is 0 Å². The van der Waals surface area contributed by atoms with Crippen LogP contribution in [0.3, 0.4) is 0 Å². The van der Waals surface area contributed by atoms with Gasteiger partial charge in [-0.3, -0.25) is 0 Å². The monoisotopic (exact) mass is 791 g/mol. The van der Waals surface area contributed by atoms with Gasteiger partial charge in [-0.05, 0) is 45.9 Å². The summed E-state index contributed by atoms with van der Waals surface area (Å²) in [6.45, 7) is 0. The van der Waals surface area contributed by atoms with E-state index in [2.05, 4.69) is 0 Å². The second-order valence-corrected chi connectivity index (χ2v) is 15.6. The Hall–Kier alpha value is -5.88. The van der Waals surface area contributed by atoms with Crippen molar-refractivity contribution in [1.29, 1.82) is 0 Å². The molecule has 10 aromatic rings. The summed E-state index contributed by atoms with van der Waals surface area (Å²) in [5, 5.41) is 2.30. The van der Waals surface area contributed by atoms with Crippen LogP contribution >= 0.6 is 0 Å². The van der Waals surface area contributed by atoms with E-state index in [4.69, 9.17) is 141 Å². The molecule has 30 radical (unpaired) electrons. The minimum Gasteiger partial charge on any atom is -0.457 e. The number of para-hydroxylation sites is 1. The van der Waals surface area contributed by atoms with Gasteiger partial charge in [0.15, 0.2) is 17.5 Å². The third kappa shape index (κ3) is 6.33. The standard InChI is InChI=1S/C45H12B15N3O2/c46-26-19(21-30(50)35(55)38(58)36(56)31(21)51)27(47)25(28(48)20(26)22-29(49)32(52)23-24-33(53)37(57)39(59)40(60)42(24)65-41(23)34(22)54)45-62-43(13-6-2-1-3-7-13)61-44(63-45)14-10-11-16-15-8-4-5-9-17(15)64-18(16)12-14/h1-12H. The first-order chi connectivity index (χ1) is 31.0. The third-order valence-electron chi connectivity index (χ3n) is 12.0. The molecule has 0 amide bonds. The van der Waals surface area contributed by atoms with Gasteiger partial charge in [-0.25, -0.2) is 15.0 Å². The molecular weight excluding hydrogens is 777 g/mol. The average molecular weight is 789 g/mol. The van der Waals surface area contributed by atoms with E-state index in [9.17, 15) is 0 Å². The number of nitrogens with zero attached hydrogens (tertiary/aromatic N) is 3. The maximum Gasteiger partial charge on any atom is 0.164 e. The molecule has 0 atom stereocenters. The van der Waals surface area contributed by atoms with Crippen molar-refractivity contribution in [2.45, 2.75) is 0 Å². The minimum absolute atomic E-state index is 0.00159. The van der Waals surface area contributed by atoms with E-state index in [1.807, 2.05) is 72.8 Å². The molecule has 3 aromatic heterocycles. The molecule has 0 aliphatic rings. The molecule has 5 nitrogen and oxygen atoms in total. The predicted octanol–water partition coefficient (Wildman–Crippen LogP) is -6.09. The van der Waals surface area contributed by atoms with Crippen molar-refractivity contribution < 1.29 is 8.83 Å². The number of rotatable bonds is 5. The second-order valence-electron chi connectivity index (χ2n) is 15.6. The number of furan rings is 2. The molecule has 0 N–H and O–H groups in total. The predicted molar refractivity (Wildman–Crippen MR) is 282 cm³/mol. The van der Waals surface area contributed by atoms with E-state index in [1.54, 1.807) is 0 Å². The van der Waals surface area contributed by atoms with Crippen molar-refractivity contribution in [3.63, 3.8) is 0 Å². The van der Waals surface area contributed by atoms with Gasteiger partial charge in [0.2, 0.25) is 0 Å². The second kappa shape index (κ2) is 15.6. The largest absolute Gasteiger partial charge is 0.457 e. The van der Waals surface area contributed by atoms with Gasteiger partial charge < -0.3 is 8.83 Å². The number of benzene rings is 7. The fourth-order valence-corrected chi connectivity index (χ4v) is 8.58. The highest BCUT2D eigenvalue weighted by atomic mass is 16.3. The van der Waals surface area contributed by atoms with Crippen LogP contribution in [-0.2, 0) is 0 Å². The summed E-state index contributed by atoms with van der Waals surface area (Å²) in [5.74, 6) is 0.483. The number of hydrogen-bond acceptors (Lipinski definition) is 5. The molecule has 0 fully saturated rings. The van der Waals surface area contributed by atoms with Crippen LogP contribution in [0, 0.1) is 0 Å². The van der Waals surface area contributed by atoms with Gasteiger partial charge in [0.1, 0.15) is 140 Å². The zero-order chi connectivity index (χ0) is 46.1. The van der Waals surface area contributed by atoms with Crippen LogP contribution < -0.4 is 81.9 Å². The molecule has 0 aliphatic carbocycles. The molecule has 65 heavy (non-hydrogen) atoms. The Balaban J connectivity index is 1.34. The molecule has 0 saturated heterocycles. The van der Waals surface area contributed by atoms with Crippen LogP contribution in [0.1, 0.15) is 0 Å². The first-order valence-electron chi connectivity index (χ1n) is 19.7. The van der Waals surface area contributed by atoms with Crippen molar-refractivity contribution in [3.8, 4) is 56.4 Å². The lowest BCUT2D eigenvalue weighted by Crippen LogP contribution is -2.56. The molecule has 0 unspecified atom stereocenters. The van der Waals surface area contributed by atoms with Crippen LogP contribution in [0.4, 0.5) is 0 Å². The Morgan fingerprint density at radius 2 is 0.723 bits per heavy atom. The van der Waals surface area contributed by atoms with E-state index in [-0.39, 0.29) is 149 Å². The normalized spacial score (nSPS) is 11.7. The van der Waals surface area contributed by atoms with Crippen LogP contribution in [0.5, 0.6) is 0 Å². The Kier molecular flexibility index (Phi) is 10.4. The first-order valence-corrected chi connectivity index (χ1v) is 19.7. The summed E-state index contributed by atoms with van der Waals surface area (Å²) in [4.78, 5) is 14.9. The lowest BCUT2D eigenvalue weighted by atomic mass is 9.56. The molecule has 264 valence electrons. The highest BCUT2D eigenvalue weighted by molar-refractivity contribution is 6.72. The smallest absolute Gasteiger partial charge is 0.164 e. The Morgan fingerprint density at radius 1 is 0.292 bits per heavy atom. The van der Waals surface area contributed by atoms with Crippen molar-refractivity contribution in [3.05, 3.63) is 72.8 Å². The van der Waals surface area contributed by atoms with Gasteiger partial charge in [-0.1, -0.05) is 104 Å². The maximum atomic E-state index is 7.28. The van der Waals surface area contributed by atoms with E-state index in [0.717, 1.165) is 10.8 Å². The van der Waals surface area contributed by atoms with Gasteiger partial charge in [-0.15, -0.1) is 27.3 Å². The summed E-state index contributed by atoms with van der Waals surface area (Å²) >= 11 is 0. The summed E-state index contributed by atoms with van der Waals surface area (Å²) in [7, 11) is 100. The van der Waals surface area contributed by atoms with Crippen molar-refractivity contribution in [2.75, 3.05) is 0 Å². The molecule has 0 bridgehead atoms. The zero-order valence-electron chi connectivity index (χ0n) is 34.2. The van der Waals surface area contributed by atoms with Crippen LogP contribution in [0.25, 0.3) is 100 Å².